The maximum absolute atomic E-state index is 12.4. The molecule has 0 unspecified atom stereocenters. The fourth-order valence-electron chi connectivity index (χ4n) is 1.46. The Hall–Kier alpha value is -1.37. The first-order valence-corrected chi connectivity index (χ1v) is 5.62. The summed E-state index contributed by atoms with van der Waals surface area (Å²) in [4.78, 5) is 9.36. The van der Waals surface area contributed by atoms with Crippen LogP contribution in [0.25, 0.3) is 0 Å². The van der Waals surface area contributed by atoms with Gasteiger partial charge in [-0.25, -0.2) is 9.97 Å². The first-order valence-electron chi connectivity index (χ1n) is 5.62. The molecule has 0 atom stereocenters. The fourth-order valence-corrected chi connectivity index (χ4v) is 1.46. The topological polar surface area (TPSA) is 41.1 Å². The van der Waals surface area contributed by atoms with Crippen LogP contribution >= 0.6 is 0 Å². The van der Waals surface area contributed by atoms with Crippen LogP contribution in [0, 0.1) is 0 Å². The Morgan fingerprint density at radius 3 is 2.56 bits per heavy atom. The highest BCUT2D eigenvalue weighted by atomic mass is 19.4. The molecule has 7 heteroatoms. The van der Waals surface area contributed by atoms with E-state index in [9.17, 15) is 13.2 Å². The van der Waals surface area contributed by atoms with Crippen molar-refractivity contribution in [3.63, 3.8) is 0 Å². The van der Waals surface area contributed by atoms with Gasteiger partial charge in [0.25, 0.3) is 0 Å². The number of nitrogens with one attached hydrogen (secondary N) is 1. The molecule has 18 heavy (non-hydrogen) atoms. The normalized spacial score (nSPS) is 12.2. The number of alkyl halides is 3. The molecule has 1 N–H and O–H groups in total. The smallest absolute Gasteiger partial charge is 0.357 e. The van der Waals surface area contributed by atoms with Crippen LogP contribution in [0.1, 0.15) is 19.5 Å². The second kappa shape index (κ2) is 5.99. The zero-order valence-corrected chi connectivity index (χ0v) is 10.6. The number of nitrogens with zero attached hydrogens (tertiary/aromatic N) is 3. The molecule has 0 fully saturated rings. The first-order chi connectivity index (χ1) is 8.31. The van der Waals surface area contributed by atoms with Gasteiger partial charge in [0.2, 0.25) is 5.95 Å². The SMILES string of the molecule is CNc1nccc(CN(CC(F)(F)F)C(C)C)n1. The van der Waals surface area contributed by atoms with Crippen molar-refractivity contribution in [3.05, 3.63) is 18.0 Å². The third-order valence-electron chi connectivity index (χ3n) is 2.41. The van der Waals surface area contributed by atoms with Crippen LogP contribution in [-0.2, 0) is 6.54 Å². The Bertz CT molecular complexity index is 379. The van der Waals surface area contributed by atoms with Gasteiger partial charge in [0.05, 0.1) is 12.2 Å². The van der Waals surface area contributed by atoms with E-state index >= 15 is 0 Å². The van der Waals surface area contributed by atoms with Crippen LogP contribution in [0.5, 0.6) is 0 Å². The van der Waals surface area contributed by atoms with E-state index in [0.29, 0.717) is 11.6 Å². The van der Waals surface area contributed by atoms with Crippen LogP contribution in [0.2, 0.25) is 0 Å². The summed E-state index contributed by atoms with van der Waals surface area (Å²) < 4.78 is 37.3. The van der Waals surface area contributed by atoms with E-state index in [1.54, 1.807) is 27.0 Å². The van der Waals surface area contributed by atoms with E-state index in [1.807, 2.05) is 0 Å². The van der Waals surface area contributed by atoms with Gasteiger partial charge in [0, 0.05) is 25.8 Å². The number of anilines is 1. The Balaban J connectivity index is 2.76. The number of halogens is 3. The van der Waals surface area contributed by atoms with Gasteiger partial charge < -0.3 is 5.32 Å². The molecule has 0 aliphatic rings. The number of hydrogen-bond acceptors (Lipinski definition) is 4. The molecule has 1 heterocycles. The summed E-state index contributed by atoms with van der Waals surface area (Å²) >= 11 is 0. The number of rotatable bonds is 5. The standard InChI is InChI=1S/C11H17F3N4/c1-8(2)18(7-11(12,13)14)6-9-4-5-16-10(15-3)17-9/h4-5,8H,6-7H2,1-3H3,(H,15,16,17). The van der Waals surface area contributed by atoms with E-state index in [-0.39, 0.29) is 12.6 Å². The summed E-state index contributed by atoms with van der Waals surface area (Å²) in [6, 6.07) is 1.41. The number of hydrogen-bond donors (Lipinski definition) is 1. The van der Waals surface area contributed by atoms with Crippen molar-refractivity contribution in [1.82, 2.24) is 14.9 Å². The van der Waals surface area contributed by atoms with Gasteiger partial charge in [-0.2, -0.15) is 13.2 Å². The average Bonchev–Trinajstić information content (AvgIpc) is 2.26. The maximum Gasteiger partial charge on any atom is 0.401 e. The third-order valence-corrected chi connectivity index (χ3v) is 2.41. The molecular formula is C11H17F3N4. The predicted molar refractivity (Wildman–Crippen MR) is 63.2 cm³/mol. The summed E-state index contributed by atoms with van der Waals surface area (Å²) in [6.45, 7) is 2.66. The lowest BCUT2D eigenvalue weighted by Crippen LogP contribution is -2.38. The van der Waals surface area contributed by atoms with E-state index in [0.717, 1.165) is 0 Å². The predicted octanol–water partition coefficient (Wildman–Crippen LogP) is 2.29. The van der Waals surface area contributed by atoms with Crippen molar-refractivity contribution in [1.29, 1.82) is 0 Å². The molecule has 0 saturated carbocycles. The molecule has 0 radical (unpaired) electrons. The Morgan fingerprint density at radius 2 is 2.06 bits per heavy atom. The third kappa shape index (κ3) is 4.87. The van der Waals surface area contributed by atoms with Crippen LogP contribution in [0.3, 0.4) is 0 Å². The van der Waals surface area contributed by atoms with Crippen LogP contribution < -0.4 is 5.32 Å². The minimum absolute atomic E-state index is 0.147. The van der Waals surface area contributed by atoms with Crippen molar-refractivity contribution < 1.29 is 13.2 Å². The Kier molecular flexibility index (Phi) is 4.89. The Morgan fingerprint density at radius 1 is 1.39 bits per heavy atom. The first kappa shape index (κ1) is 14.7. The van der Waals surface area contributed by atoms with Crippen LogP contribution in [0.4, 0.5) is 19.1 Å². The molecule has 1 rings (SSSR count). The van der Waals surface area contributed by atoms with Gasteiger partial charge >= 0.3 is 6.18 Å². The van der Waals surface area contributed by atoms with Crippen LogP contribution in [-0.4, -0.2) is 40.7 Å². The molecule has 102 valence electrons. The van der Waals surface area contributed by atoms with Gasteiger partial charge in [-0.1, -0.05) is 0 Å². The molecule has 1 aromatic rings. The zero-order chi connectivity index (χ0) is 13.8. The second-order valence-electron chi connectivity index (χ2n) is 4.24. The van der Waals surface area contributed by atoms with Crippen molar-refractivity contribution >= 4 is 5.95 Å². The lowest BCUT2D eigenvalue weighted by Gasteiger charge is -2.27. The molecule has 0 saturated heterocycles. The average molecular weight is 262 g/mol. The quantitative estimate of drug-likeness (QED) is 0.884. The van der Waals surface area contributed by atoms with Crippen LogP contribution in [0.15, 0.2) is 12.3 Å². The van der Waals surface area contributed by atoms with Crippen molar-refractivity contribution in [2.45, 2.75) is 32.6 Å². The van der Waals surface area contributed by atoms with Crippen molar-refractivity contribution in [2.24, 2.45) is 0 Å². The van der Waals surface area contributed by atoms with Gasteiger partial charge in [-0.3, -0.25) is 4.90 Å². The molecule has 1 aromatic heterocycles. The van der Waals surface area contributed by atoms with Gasteiger partial charge in [0.1, 0.15) is 0 Å². The molecular weight excluding hydrogens is 245 g/mol. The van der Waals surface area contributed by atoms with E-state index in [1.165, 1.54) is 11.1 Å². The van der Waals surface area contributed by atoms with Crippen molar-refractivity contribution in [2.75, 3.05) is 18.9 Å². The summed E-state index contributed by atoms with van der Waals surface area (Å²) in [6.07, 6.45) is -2.68. The summed E-state index contributed by atoms with van der Waals surface area (Å²) in [5.41, 5.74) is 0.562. The van der Waals surface area contributed by atoms with Gasteiger partial charge in [-0.15, -0.1) is 0 Å². The second-order valence-corrected chi connectivity index (χ2v) is 4.24. The molecule has 0 spiro atoms. The molecule has 0 aromatic carbocycles. The lowest BCUT2D eigenvalue weighted by atomic mass is 10.2. The lowest BCUT2D eigenvalue weighted by molar-refractivity contribution is -0.151. The molecule has 0 aliphatic carbocycles. The minimum atomic E-state index is -4.21. The van der Waals surface area contributed by atoms with E-state index in [2.05, 4.69) is 15.3 Å². The number of aromatic nitrogens is 2. The summed E-state index contributed by atoms with van der Waals surface area (Å²) in [5.74, 6) is 0.406. The highest BCUT2D eigenvalue weighted by Gasteiger charge is 2.31. The van der Waals surface area contributed by atoms with Crippen molar-refractivity contribution in [3.8, 4) is 0 Å². The van der Waals surface area contributed by atoms with E-state index in [4.69, 9.17) is 0 Å². The molecule has 0 amide bonds. The molecule has 0 aliphatic heterocycles. The molecule has 4 nitrogen and oxygen atoms in total. The van der Waals surface area contributed by atoms with Gasteiger partial charge in [0.15, 0.2) is 0 Å². The largest absolute Gasteiger partial charge is 0.401 e. The van der Waals surface area contributed by atoms with Gasteiger partial charge in [-0.05, 0) is 19.9 Å². The monoisotopic (exact) mass is 262 g/mol. The fraction of sp³-hybridized carbons (Fsp3) is 0.636. The Labute approximate surface area is 104 Å². The zero-order valence-electron chi connectivity index (χ0n) is 10.6. The van der Waals surface area contributed by atoms with E-state index < -0.39 is 12.7 Å². The summed E-state index contributed by atoms with van der Waals surface area (Å²) in [5, 5.41) is 2.76. The maximum atomic E-state index is 12.4. The highest BCUT2D eigenvalue weighted by molar-refractivity contribution is 5.23. The molecule has 0 bridgehead atoms. The highest BCUT2D eigenvalue weighted by Crippen LogP contribution is 2.19. The summed E-state index contributed by atoms with van der Waals surface area (Å²) in [7, 11) is 1.66. The minimum Gasteiger partial charge on any atom is -0.357 e.